The van der Waals surface area contributed by atoms with Crippen LogP contribution in [-0.4, -0.2) is 63.0 Å². The number of carboxylic acid groups (broad SMARTS) is 1. The molecule has 1 fully saturated rings. The number of amides is 2. The Labute approximate surface area is 233 Å². The van der Waals surface area contributed by atoms with E-state index in [1.807, 2.05) is 54.6 Å². The van der Waals surface area contributed by atoms with Gasteiger partial charge in [0.15, 0.2) is 17.0 Å². The monoisotopic (exact) mass is 556 g/mol. The van der Waals surface area contributed by atoms with Gasteiger partial charge in [-0.2, -0.15) is 5.10 Å². The van der Waals surface area contributed by atoms with Crippen molar-refractivity contribution in [1.82, 2.24) is 19.7 Å². The SMILES string of the molecule is O=C(Nc1nccs1)C(c1ccccc1)n1cc2ccc(-c3ccc(N4CCN(C(=O)O)CC4)cc3)c(F)c2n1. The number of nitrogens with zero attached hydrogens (tertiary/aromatic N) is 5. The predicted octanol–water partition coefficient (Wildman–Crippen LogP) is 5.33. The Hall–Kier alpha value is -4.77. The number of halogens is 1. The molecule has 0 saturated carbocycles. The summed E-state index contributed by atoms with van der Waals surface area (Å²) in [6, 6.07) is 19.5. The van der Waals surface area contributed by atoms with Crippen LogP contribution in [0.1, 0.15) is 11.6 Å². The van der Waals surface area contributed by atoms with Gasteiger partial charge in [0.1, 0.15) is 5.52 Å². The second-order valence-electron chi connectivity index (χ2n) is 9.42. The number of thiazole rings is 1. The van der Waals surface area contributed by atoms with Crippen LogP contribution in [0.2, 0.25) is 0 Å². The molecule has 0 radical (unpaired) electrons. The fourth-order valence-corrected chi connectivity index (χ4v) is 5.49. The van der Waals surface area contributed by atoms with E-state index in [1.165, 1.54) is 20.9 Å². The summed E-state index contributed by atoms with van der Waals surface area (Å²) in [6.07, 6.45) is 2.39. The first-order chi connectivity index (χ1) is 19.5. The van der Waals surface area contributed by atoms with Crippen LogP contribution in [0.5, 0.6) is 0 Å². The van der Waals surface area contributed by atoms with E-state index in [2.05, 4.69) is 20.3 Å². The number of hydrogen-bond donors (Lipinski definition) is 2. The predicted molar refractivity (Wildman–Crippen MR) is 152 cm³/mol. The van der Waals surface area contributed by atoms with Crippen molar-refractivity contribution in [2.24, 2.45) is 0 Å². The number of piperazine rings is 1. The molecule has 2 N–H and O–H groups in total. The summed E-state index contributed by atoms with van der Waals surface area (Å²) < 4.78 is 17.4. The summed E-state index contributed by atoms with van der Waals surface area (Å²) in [5.41, 5.74) is 2.95. The molecule has 11 heteroatoms. The zero-order valence-electron chi connectivity index (χ0n) is 21.3. The lowest BCUT2D eigenvalue weighted by Crippen LogP contribution is -2.48. The normalized spacial score (nSPS) is 14.3. The van der Waals surface area contributed by atoms with Crippen molar-refractivity contribution in [1.29, 1.82) is 0 Å². The number of rotatable bonds is 6. The van der Waals surface area contributed by atoms with E-state index in [0.29, 0.717) is 53.4 Å². The molecular weight excluding hydrogens is 531 g/mol. The van der Waals surface area contributed by atoms with E-state index in [-0.39, 0.29) is 11.4 Å². The number of benzene rings is 3. The Morgan fingerprint density at radius 2 is 1.73 bits per heavy atom. The molecule has 0 spiro atoms. The van der Waals surface area contributed by atoms with Crippen LogP contribution in [0.3, 0.4) is 0 Å². The summed E-state index contributed by atoms with van der Waals surface area (Å²) in [7, 11) is 0. The molecule has 1 aliphatic heterocycles. The summed E-state index contributed by atoms with van der Waals surface area (Å²) in [6.45, 7) is 2.08. The molecular formula is C29H25FN6O3S. The second kappa shape index (κ2) is 10.8. The molecule has 1 atom stereocenters. The molecule has 1 unspecified atom stereocenters. The van der Waals surface area contributed by atoms with E-state index in [9.17, 15) is 14.7 Å². The molecule has 0 aliphatic carbocycles. The third-order valence-corrected chi connectivity index (χ3v) is 7.71. The molecule has 0 bridgehead atoms. The van der Waals surface area contributed by atoms with Gasteiger partial charge in [-0.3, -0.25) is 14.8 Å². The van der Waals surface area contributed by atoms with E-state index in [0.717, 1.165) is 5.69 Å². The third kappa shape index (κ3) is 4.98. The molecule has 40 heavy (non-hydrogen) atoms. The van der Waals surface area contributed by atoms with Gasteiger partial charge in [-0.25, -0.2) is 14.2 Å². The van der Waals surface area contributed by atoms with Gasteiger partial charge in [0, 0.05) is 60.6 Å². The highest BCUT2D eigenvalue weighted by molar-refractivity contribution is 7.13. The average molecular weight is 557 g/mol. The Kier molecular flexibility index (Phi) is 6.87. The first-order valence-corrected chi connectivity index (χ1v) is 13.6. The summed E-state index contributed by atoms with van der Waals surface area (Å²) in [5, 5.41) is 19.4. The number of anilines is 2. The Morgan fingerprint density at radius 3 is 2.40 bits per heavy atom. The van der Waals surface area contributed by atoms with E-state index >= 15 is 4.39 Å². The number of carbonyl (C=O) groups excluding carboxylic acids is 1. The van der Waals surface area contributed by atoms with Gasteiger partial charge in [0.25, 0.3) is 5.91 Å². The molecule has 9 nitrogen and oxygen atoms in total. The fraction of sp³-hybridized carbons (Fsp3) is 0.172. The van der Waals surface area contributed by atoms with Crippen LogP contribution in [0.15, 0.2) is 84.5 Å². The molecule has 3 aromatic carbocycles. The molecule has 2 amide bonds. The van der Waals surface area contributed by atoms with Crippen molar-refractivity contribution < 1.29 is 19.1 Å². The molecule has 202 valence electrons. The molecule has 1 saturated heterocycles. The van der Waals surface area contributed by atoms with E-state index in [4.69, 9.17) is 0 Å². The lowest BCUT2D eigenvalue weighted by atomic mass is 10.0. The molecule has 5 aromatic rings. The van der Waals surface area contributed by atoms with Crippen molar-refractivity contribution in [3.63, 3.8) is 0 Å². The maximum Gasteiger partial charge on any atom is 0.407 e. The largest absolute Gasteiger partial charge is 0.465 e. The van der Waals surface area contributed by atoms with Gasteiger partial charge in [0.05, 0.1) is 0 Å². The Balaban J connectivity index is 1.29. The highest BCUT2D eigenvalue weighted by atomic mass is 32.1. The quantitative estimate of drug-likeness (QED) is 0.293. The third-order valence-electron chi connectivity index (χ3n) is 7.02. The smallest absolute Gasteiger partial charge is 0.407 e. The molecule has 3 heterocycles. The van der Waals surface area contributed by atoms with Crippen LogP contribution in [0.25, 0.3) is 22.0 Å². The molecule has 2 aromatic heterocycles. The zero-order chi connectivity index (χ0) is 27.6. The van der Waals surface area contributed by atoms with Crippen molar-refractivity contribution in [3.05, 3.63) is 95.9 Å². The first kappa shape index (κ1) is 25.5. The van der Waals surface area contributed by atoms with E-state index in [1.54, 1.807) is 29.9 Å². The number of fused-ring (bicyclic) bond motifs is 1. The van der Waals surface area contributed by atoms with Crippen LogP contribution in [0.4, 0.5) is 20.0 Å². The van der Waals surface area contributed by atoms with Crippen LogP contribution in [-0.2, 0) is 4.79 Å². The van der Waals surface area contributed by atoms with Crippen LogP contribution < -0.4 is 10.2 Å². The number of aromatic nitrogens is 3. The Morgan fingerprint density at radius 1 is 0.975 bits per heavy atom. The minimum atomic E-state index is -0.904. The van der Waals surface area contributed by atoms with E-state index < -0.39 is 18.0 Å². The van der Waals surface area contributed by atoms with Gasteiger partial charge in [-0.15, -0.1) is 11.3 Å². The minimum absolute atomic E-state index is 0.175. The molecule has 6 rings (SSSR count). The highest BCUT2D eigenvalue weighted by Gasteiger charge is 2.26. The first-order valence-electron chi connectivity index (χ1n) is 12.7. The fourth-order valence-electron chi connectivity index (χ4n) is 4.95. The zero-order valence-corrected chi connectivity index (χ0v) is 22.1. The van der Waals surface area contributed by atoms with Gasteiger partial charge < -0.3 is 14.9 Å². The number of nitrogens with one attached hydrogen (secondary N) is 1. The van der Waals surface area contributed by atoms with Crippen LogP contribution >= 0.6 is 11.3 Å². The van der Waals surface area contributed by atoms with Gasteiger partial charge in [-0.05, 0) is 23.3 Å². The van der Waals surface area contributed by atoms with Crippen molar-refractivity contribution in [2.45, 2.75) is 6.04 Å². The summed E-state index contributed by atoms with van der Waals surface area (Å²) >= 11 is 1.32. The summed E-state index contributed by atoms with van der Waals surface area (Å²) in [5.74, 6) is -0.791. The lowest BCUT2D eigenvalue weighted by Gasteiger charge is -2.34. The second-order valence-corrected chi connectivity index (χ2v) is 10.3. The minimum Gasteiger partial charge on any atom is -0.465 e. The van der Waals surface area contributed by atoms with Crippen LogP contribution in [0, 0.1) is 5.82 Å². The summed E-state index contributed by atoms with van der Waals surface area (Å²) in [4.78, 5) is 32.2. The Bertz CT molecular complexity index is 1650. The van der Waals surface area contributed by atoms with Gasteiger partial charge in [-0.1, -0.05) is 54.6 Å². The topological polar surface area (TPSA) is 104 Å². The number of carbonyl (C=O) groups is 2. The number of hydrogen-bond acceptors (Lipinski definition) is 6. The van der Waals surface area contributed by atoms with Gasteiger partial charge in [0.2, 0.25) is 0 Å². The van der Waals surface area contributed by atoms with Crippen molar-refractivity contribution >= 4 is 45.1 Å². The molecule has 1 aliphatic rings. The van der Waals surface area contributed by atoms with Gasteiger partial charge >= 0.3 is 6.09 Å². The maximum atomic E-state index is 15.9. The van der Waals surface area contributed by atoms with Crippen molar-refractivity contribution in [2.75, 3.05) is 36.4 Å². The highest BCUT2D eigenvalue weighted by Crippen LogP contribution is 2.31. The lowest BCUT2D eigenvalue weighted by molar-refractivity contribution is -0.118. The standard InChI is InChI=1S/C29H25FN6O3S/c30-24-23(19-6-9-22(10-7-19)34-13-15-35(16-14-34)29(38)39)11-8-21-18-36(33-25(21)24)26(20-4-2-1-3-5-20)27(37)32-28-31-12-17-40-28/h1-12,17-18,26H,13-16H2,(H,38,39)(H,31,32,37). The average Bonchev–Trinajstić information content (AvgIpc) is 3.65. The maximum absolute atomic E-state index is 15.9. The van der Waals surface area contributed by atoms with Crippen molar-refractivity contribution in [3.8, 4) is 11.1 Å².